The van der Waals surface area contributed by atoms with E-state index in [1.54, 1.807) is 0 Å². The van der Waals surface area contributed by atoms with E-state index in [2.05, 4.69) is 35.8 Å². The minimum absolute atomic E-state index is 0.168. The van der Waals surface area contributed by atoms with Gasteiger partial charge in [-0.05, 0) is 31.0 Å². The number of nitrogens with one attached hydrogen (secondary N) is 2. The van der Waals surface area contributed by atoms with Gasteiger partial charge in [0.1, 0.15) is 0 Å². The van der Waals surface area contributed by atoms with Crippen molar-refractivity contribution in [2.75, 3.05) is 11.9 Å². The standard InChI is InChI=1S/C16H18N2O/c1-13-6-5-7-14(12-13)10-11-17-16(19)18-15-8-3-2-4-9-15/h2-9,12H,10-11H2,1H3,(H2,17,18,19). The van der Waals surface area contributed by atoms with Gasteiger partial charge in [-0.25, -0.2) is 4.79 Å². The van der Waals surface area contributed by atoms with E-state index in [9.17, 15) is 4.79 Å². The van der Waals surface area contributed by atoms with Crippen LogP contribution in [0.3, 0.4) is 0 Å². The van der Waals surface area contributed by atoms with Crippen molar-refractivity contribution in [3.63, 3.8) is 0 Å². The fourth-order valence-electron chi connectivity index (χ4n) is 1.88. The van der Waals surface area contributed by atoms with Gasteiger partial charge < -0.3 is 10.6 Å². The molecule has 0 heterocycles. The number of amides is 2. The molecule has 0 saturated carbocycles. The fraction of sp³-hybridized carbons (Fsp3) is 0.188. The minimum Gasteiger partial charge on any atom is -0.338 e. The number of anilines is 1. The van der Waals surface area contributed by atoms with Crippen molar-refractivity contribution in [1.82, 2.24) is 5.32 Å². The van der Waals surface area contributed by atoms with Gasteiger partial charge in [-0.2, -0.15) is 0 Å². The number of rotatable bonds is 4. The summed E-state index contributed by atoms with van der Waals surface area (Å²) in [4.78, 5) is 11.6. The third-order valence-corrected chi connectivity index (χ3v) is 2.81. The highest BCUT2D eigenvalue weighted by molar-refractivity contribution is 5.89. The van der Waals surface area contributed by atoms with Crippen LogP contribution in [0.5, 0.6) is 0 Å². The summed E-state index contributed by atoms with van der Waals surface area (Å²) in [7, 11) is 0. The first-order chi connectivity index (χ1) is 9.24. The average molecular weight is 254 g/mol. The van der Waals surface area contributed by atoms with Gasteiger partial charge in [0.2, 0.25) is 0 Å². The molecular weight excluding hydrogens is 236 g/mol. The summed E-state index contributed by atoms with van der Waals surface area (Å²) >= 11 is 0. The molecule has 0 fully saturated rings. The molecule has 2 rings (SSSR count). The highest BCUT2D eigenvalue weighted by Gasteiger charge is 2.00. The molecule has 98 valence electrons. The molecule has 0 spiro atoms. The maximum atomic E-state index is 11.6. The Morgan fingerprint density at radius 3 is 2.58 bits per heavy atom. The lowest BCUT2D eigenvalue weighted by Crippen LogP contribution is -2.30. The van der Waals surface area contributed by atoms with Crippen LogP contribution in [0.4, 0.5) is 10.5 Å². The normalized spacial score (nSPS) is 9.95. The number of aryl methyl sites for hydroxylation is 1. The minimum atomic E-state index is -0.168. The van der Waals surface area contributed by atoms with Crippen LogP contribution in [0.15, 0.2) is 54.6 Å². The van der Waals surface area contributed by atoms with Crippen molar-refractivity contribution < 1.29 is 4.79 Å². The molecule has 0 saturated heterocycles. The molecule has 2 amide bonds. The molecule has 2 aromatic rings. The molecule has 19 heavy (non-hydrogen) atoms. The fourth-order valence-corrected chi connectivity index (χ4v) is 1.88. The highest BCUT2D eigenvalue weighted by Crippen LogP contribution is 2.05. The Morgan fingerprint density at radius 2 is 1.84 bits per heavy atom. The Bertz CT molecular complexity index is 537. The number of hydrogen-bond acceptors (Lipinski definition) is 1. The second-order valence-corrected chi connectivity index (χ2v) is 4.49. The lowest BCUT2D eigenvalue weighted by Gasteiger charge is -2.07. The first kappa shape index (κ1) is 13.1. The van der Waals surface area contributed by atoms with Crippen molar-refractivity contribution >= 4 is 11.7 Å². The highest BCUT2D eigenvalue weighted by atomic mass is 16.2. The first-order valence-corrected chi connectivity index (χ1v) is 6.39. The van der Waals surface area contributed by atoms with Gasteiger partial charge in [0.05, 0.1) is 0 Å². The molecule has 0 bridgehead atoms. The maximum Gasteiger partial charge on any atom is 0.319 e. The van der Waals surface area contributed by atoms with Crippen LogP contribution in [0.2, 0.25) is 0 Å². The number of urea groups is 1. The topological polar surface area (TPSA) is 41.1 Å². The van der Waals surface area contributed by atoms with Crippen LogP contribution < -0.4 is 10.6 Å². The van der Waals surface area contributed by atoms with E-state index in [0.717, 1.165) is 12.1 Å². The summed E-state index contributed by atoms with van der Waals surface area (Å²) in [5.41, 5.74) is 3.28. The van der Waals surface area contributed by atoms with E-state index in [4.69, 9.17) is 0 Å². The van der Waals surface area contributed by atoms with E-state index in [1.165, 1.54) is 11.1 Å². The van der Waals surface area contributed by atoms with Gasteiger partial charge in [-0.1, -0.05) is 48.0 Å². The number of para-hydroxylation sites is 1. The lowest BCUT2D eigenvalue weighted by atomic mass is 10.1. The van der Waals surface area contributed by atoms with E-state index in [0.29, 0.717) is 6.54 Å². The molecule has 0 radical (unpaired) electrons. The Morgan fingerprint density at radius 1 is 1.05 bits per heavy atom. The Balaban J connectivity index is 1.75. The molecule has 2 aromatic carbocycles. The Hall–Kier alpha value is -2.29. The zero-order valence-electron chi connectivity index (χ0n) is 11.0. The number of carbonyl (C=O) groups excluding carboxylic acids is 1. The van der Waals surface area contributed by atoms with Crippen LogP contribution in [-0.4, -0.2) is 12.6 Å². The smallest absolute Gasteiger partial charge is 0.319 e. The van der Waals surface area contributed by atoms with Gasteiger partial charge in [-0.15, -0.1) is 0 Å². The Kier molecular flexibility index (Phi) is 4.56. The third kappa shape index (κ3) is 4.47. The molecule has 0 aliphatic rings. The predicted molar refractivity (Wildman–Crippen MR) is 78.3 cm³/mol. The van der Waals surface area contributed by atoms with Crippen molar-refractivity contribution in [3.8, 4) is 0 Å². The van der Waals surface area contributed by atoms with Crippen molar-refractivity contribution in [3.05, 3.63) is 65.7 Å². The number of hydrogen-bond donors (Lipinski definition) is 2. The summed E-state index contributed by atoms with van der Waals surface area (Å²) in [6.07, 6.45) is 0.837. The molecule has 2 N–H and O–H groups in total. The van der Waals surface area contributed by atoms with Crippen molar-refractivity contribution in [1.29, 1.82) is 0 Å². The van der Waals surface area contributed by atoms with Gasteiger partial charge >= 0.3 is 6.03 Å². The van der Waals surface area contributed by atoms with Crippen molar-refractivity contribution in [2.24, 2.45) is 0 Å². The molecule has 0 aromatic heterocycles. The van der Waals surface area contributed by atoms with E-state index < -0.39 is 0 Å². The lowest BCUT2D eigenvalue weighted by molar-refractivity contribution is 0.252. The first-order valence-electron chi connectivity index (χ1n) is 6.39. The molecule has 3 heteroatoms. The zero-order valence-corrected chi connectivity index (χ0v) is 11.0. The molecule has 0 aliphatic carbocycles. The monoisotopic (exact) mass is 254 g/mol. The predicted octanol–water partition coefficient (Wildman–Crippen LogP) is 3.36. The van der Waals surface area contributed by atoms with Gasteiger partial charge in [-0.3, -0.25) is 0 Å². The van der Waals surface area contributed by atoms with E-state index in [-0.39, 0.29) is 6.03 Å². The summed E-state index contributed by atoms with van der Waals surface area (Å²) < 4.78 is 0. The van der Waals surface area contributed by atoms with Gasteiger partial charge in [0.25, 0.3) is 0 Å². The maximum absolute atomic E-state index is 11.6. The van der Waals surface area contributed by atoms with E-state index >= 15 is 0 Å². The Labute approximate surface area is 113 Å². The second-order valence-electron chi connectivity index (χ2n) is 4.49. The van der Waals surface area contributed by atoms with Crippen LogP contribution in [-0.2, 0) is 6.42 Å². The number of carbonyl (C=O) groups is 1. The number of benzene rings is 2. The van der Waals surface area contributed by atoms with Crippen LogP contribution >= 0.6 is 0 Å². The largest absolute Gasteiger partial charge is 0.338 e. The second kappa shape index (κ2) is 6.59. The van der Waals surface area contributed by atoms with Gasteiger partial charge in [0, 0.05) is 12.2 Å². The third-order valence-electron chi connectivity index (χ3n) is 2.81. The molecule has 0 aliphatic heterocycles. The van der Waals surface area contributed by atoms with E-state index in [1.807, 2.05) is 36.4 Å². The van der Waals surface area contributed by atoms with Crippen LogP contribution in [0.1, 0.15) is 11.1 Å². The molecule has 3 nitrogen and oxygen atoms in total. The SMILES string of the molecule is Cc1cccc(CCNC(=O)Nc2ccccc2)c1. The summed E-state index contributed by atoms with van der Waals surface area (Å²) in [5.74, 6) is 0. The van der Waals surface area contributed by atoms with Crippen molar-refractivity contribution in [2.45, 2.75) is 13.3 Å². The summed E-state index contributed by atoms with van der Waals surface area (Å²) in [5, 5.41) is 5.64. The molecule has 0 unspecified atom stereocenters. The summed E-state index contributed by atoms with van der Waals surface area (Å²) in [6, 6.07) is 17.6. The van der Waals surface area contributed by atoms with Crippen LogP contribution in [0.25, 0.3) is 0 Å². The zero-order chi connectivity index (χ0) is 13.5. The molecular formula is C16H18N2O. The molecule has 0 atom stereocenters. The average Bonchev–Trinajstić information content (AvgIpc) is 2.40. The van der Waals surface area contributed by atoms with Gasteiger partial charge in [0.15, 0.2) is 0 Å². The van der Waals surface area contributed by atoms with Crippen LogP contribution in [0, 0.1) is 6.92 Å². The quantitative estimate of drug-likeness (QED) is 0.863. The summed E-state index contributed by atoms with van der Waals surface area (Å²) in [6.45, 7) is 2.70.